The van der Waals surface area contributed by atoms with Crippen molar-refractivity contribution in [2.45, 2.75) is 12.5 Å². The summed E-state index contributed by atoms with van der Waals surface area (Å²) in [5.74, 6) is 0.840. The molecular formula is C19H19NO5. The second kappa shape index (κ2) is 7.25. The van der Waals surface area contributed by atoms with Crippen LogP contribution >= 0.6 is 0 Å². The number of benzene rings is 2. The topological polar surface area (TPSA) is 65.1 Å². The first-order valence-electron chi connectivity index (χ1n) is 7.88. The standard InChI is InChI=1S/C19H19NO5/c1-23-15-9-8-14(17(11-15)24-2)10-18(21)20-16(12-25-19(20)22)13-6-4-3-5-7-13/h3-9,11,16H,10,12H2,1-2H3/t16-/m1/s1. The van der Waals surface area contributed by atoms with E-state index in [9.17, 15) is 9.59 Å². The molecule has 2 amide bonds. The molecule has 0 radical (unpaired) electrons. The van der Waals surface area contributed by atoms with Crippen LogP contribution in [0.5, 0.6) is 11.5 Å². The minimum absolute atomic E-state index is 0.0333. The molecule has 3 rings (SSSR count). The SMILES string of the molecule is COc1ccc(CC(=O)N2C(=O)OC[C@@H]2c2ccccc2)c(OC)c1. The summed E-state index contributed by atoms with van der Waals surface area (Å²) >= 11 is 0. The summed E-state index contributed by atoms with van der Waals surface area (Å²) in [4.78, 5) is 26.0. The summed E-state index contributed by atoms with van der Waals surface area (Å²) in [5, 5.41) is 0. The zero-order valence-corrected chi connectivity index (χ0v) is 14.1. The average Bonchev–Trinajstić information content (AvgIpc) is 3.04. The number of hydrogen-bond acceptors (Lipinski definition) is 5. The Bertz CT molecular complexity index is 775. The van der Waals surface area contributed by atoms with E-state index in [2.05, 4.69) is 0 Å². The van der Waals surface area contributed by atoms with Gasteiger partial charge in [0, 0.05) is 11.6 Å². The molecule has 1 aliphatic heterocycles. The Morgan fingerprint density at radius 3 is 2.60 bits per heavy atom. The molecule has 1 atom stereocenters. The molecule has 0 bridgehead atoms. The Labute approximate surface area is 145 Å². The molecule has 0 N–H and O–H groups in total. The highest BCUT2D eigenvalue weighted by atomic mass is 16.6. The van der Waals surface area contributed by atoms with Gasteiger partial charge in [-0.3, -0.25) is 4.79 Å². The molecule has 25 heavy (non-hydrogen) atoms. The summed E-state index contributed by atoms with van der Waals surface area (Å²) in [6, 6.07) is 14.2. The quantitative estimate of drug-likeness (QED) is 0.836. The number of carbonyl (C=O) groups excluding carboxylic acids is 2. The van der Waals surface area contributed by atoms with Gasteiger partial charge >= 0.3 is 6.09 Å². The predicted molar refractivity (Wildman–Crippen MR) is 90.6 cm³/mol. The van der Waals surface area contributed by atoms with Crippen molar-refractivity contribution in [2.24, 2.45) is 0 Å². The lowest BCUT2D eigenvalue weighted by molar-refractivity contribution is -0.128. The van der Waals surface area contributed by atoms with Gasteiger partial charge in [-0.2, -0.15) is 0 Å². The molecule has 130 valence electrons. The molecule has 1 aliphatic rings. The van der Waals surface area contributed by atoms with Crippen LogP contribution in [0.25, 0.3) is 0 Å². The molecule has 0 unspecified atom stereocenters. The molecular weight excluding hydrogens is 322 g/mol. The maximum Gasteiger partial charge on any atom is 0.417 e. The lowest BCUT2D eigenvalue weighted by Gasteiger charge is -2.20. The zero-order chi connectivity index (χ0) is 17.8. The van der Waals surface area contributed by atoms with Crippen molar-refractivity contribution in [2.75, 3.05) is 20.8 Å². The summed E-state index contributed by atoms with van der Waals surface area (Å²) < 4.78 is 15.6. The number of methoxy groups -OCH3 is 2. The Balaban J connectivity index is 1.83. The minimum atomic E-state index is -0.619. The van der Waals surface area contributed by atoms with Crippen molar-refractivity contribution in [3.05, 3.63) is 59.7 Å². The number of imide groups is 1. The van der Waals surface area contributed by atoms with Crippen LogP contribution in [-0.4, -0.2) is 37.7 Å². The summed E-state index contributed by atoms with van der Waals surface area (Å²) in [6.45, 7) is 0.161. The van der Waals surface area contributed by atoms with Gasteiger partial charge in [0.05, 0.1) is 20.6 Å². The molecule has 6 nitrogen and oxygen atoms in total. The third-order valence-electron chi connectivity index (χ3n) is 4.16. The first kappa shape index (κ1) is 16.8. The van der Waals surface area contributed by atoms with Crippen LogP contribution < -0.4 is 9.47 Å². The van der Waals surface area contributed by atoms with Crippen LogP contribution in [0.3, 0.4) is 0 Å². The van der Waals surface area contributed by atoms with E-state index in [-0.39, 0.29) is 18.9 Å². The molecule has 6 heteroatoms. The second-order valence-electron chi connectivity index (χ2n) is 5.62. The Morgan fingerprint density at radius 2 is 1.92 bits per heavy atom. The van der Waals surface area contributed by atoms with Gasteiger partial charge in [0.1, 0.15) is 24.1 Å². The second-order valence-corrected chi connectivity index (χ2v) is 5.62. The highest BCUT2D eigenvalue weighted by molar-refractivity contribution is 5.95. The van der Waals surface area contributed by atoms with Gasteiger partial charge in [0.15, 0.2) is 0 Å². The highest BCUT2D eigenvalue weighted by Crippen LogP contribution is 2.30. The van der Waals surface area contributed by atoms with E-state index in [1.54, 1.807) is 25.3 Å². The first-order valence-corrected chi connectivity index (χ1v) is 7.88. The number of ether oxygens (including phenoxy) is 3. The van der Waals surface area contributed by atoms with Gasteiger partial charge in [-0.25, -0.2) is 9.69 Å². The van der Waals surface area contributed by atoms with Crippen molar-refractivity contribution in [1.29, 1.82) is 0 Å². The molecule has 0 spiro atoms. The third-order valence-corrected chi connectivity index (χ3v) is 4.16. The zero-order valence-electron chi connectivity index (χ0n) is 14.1. The predicted octanol–water partition coefficient (Wildman–Crippen LogP) is 2.97. The Kier molecular flexibility index (Phi) is 4.88. The van der Waals surface area contributed by atoms with Gasteiger partial charge in [-0.15, -0.1) is 0 Å². The fourth-order valence-electron chi connectivity index (χ4n) is 2.86. The van der Waals surface area contributed by atoms with Gasteiger partial charge in [-0.05, 0) is 11.6 Å². The molecule has 0 aliphatic carbocycles. The largest absolute Gasteiger partial charge is 0.497 e. The van der Waals surface area contributed by atoms with Crippen molar-refractivity contribution in [1.82, 2.24) is 4.90 Å². The van der Waals surface area contributed by atoms with E-state index < -0.39 is 12.1 Å². The van der Waals surface area contributed by atoms with Crippen LogP contribution in [0.1, 0.15) is 17.2 Å². The smallest absolute Gasteiger partial charge is 0.417 e. The molecule has 1 fully saturated rings. The number of rotatable bonds is 5. The van der Waals surface area contributed by atoms with Crippen LogP contribution in [0, 0.1) is 0 Å². The molecule has 1 saturated heterocycles. The lowest BCUT2D eigenvalue weighted by Crippen LogP contribution is -2.35. The molecule has 2 aromatic rings. The van der Waals surface area contributed by atoms with E-state index in [0.717, 1.165) is 5.56 Å². The fourth-order valence-corrected chi connectivity index (χ4v) is 2.86. The van der Waals surface area contributed by atoms with Crippen molar-refractivity contribution in [3.63, 3.8) is 0 Å². The van der Waals surface area contributed by atoms with Crippen molar-refractivity contribution in [3.8, 4) is 11.5 Å². The molecule has 0 aromatic heterocycles. The monoisotopic (exact) mass is 341 g/mol. The molecule has 0 saturated carbocycles. The van der Waals surface area contributed by atoms with Gasteiger partial charge in [0.25, 0.3) is 0 Å². The van der Waals surface area contributed by atoms with Gasteiger partial charge in [0.2, 0.25) is 5.91 Å². The summed E-state index contributed by atoms with van der Waals surface area (Å²) in [7, 11) is 3.09. The Hall–Kier alpha value is -3.02. The normalized spacial score (nSPS) is 16.5. The first-order chi connectivity index (χ1) is 12.1. The summed E-state index contributed by atoms with van der Waals surface area (Å²) in [6.07, 6.45) is -0.586. The van der Waals surface area contributed by atoms with Crippen molar-refractivity contribution >= 4 is 12.0 Å². The van der Waals surface area contributed by atoms with Crippen molar-refractivity contribution < 1.29 is 23.8 Å². The number of carbonyl (C=O) groups is 2. The van der Waals surface area contributed by atoms with E-state index in [1.807, 2.05) is 30.3 Å². The highest BCUT2D eigenvalue weighted by Gasteiger charge is 2.38. The number of cyclic esters (lactones) is 1. The van der Waals surface area contributed by atoms with Crippen LogP contribution in [0.4, 0.5) is 4.79 Å². The molecule has 1 heterocycles. The van der Waals surface area contributed by atoms with E-state index in [1.165, 1.54) is 12.0 Å². The molecule has 2 aromatic carbocycles. The number of amides is 2. The maximum absolute atomic E-state index is 12.8. The maximum atomic E-state index is 12.8. The van der Waals surface area contributed by atoms with Crippen LogP contribution in [0.2, 0.25) is 0 Å². The fraction of sp³-hybridized carbons (Fsp3) is 0.263. The van der Waals surface area contributed by atoms with Gasteiger partial charge in [-0.1, -0.05) is 36.4 Å². The minimum Gasteiger partial charge on any atom is -0.497 e. The number of hydrogen-bond donors (Lipinski definition) is 0. The van der Waals surface area contributed by atoms with E-state index in [0.29, 0.717) is 17.1 Å². The number of nitrogens with zero attached hydrogens (tertiary/aromatic N) is 1. The average molecular weight is 341 g/mol. The third kappa shape index (κ3) is 3.42. The van der Waals surface area contributed by atoms with E-state index in [4.69, 9.17) is 14.2 Å². The Morgan fingerprint density at radius 1 is 1.16 bits per heavy atom. The lowest BCUT2D eigenvalue weighted by atomic mass is 10.1. The van der Waals surface area contributed by atoms with Crippen LogP contribution in [0.15, 0.2) is 48.5 Å². The van der Waals surface area contributed by atoms with Gasteiger partial charge < -0.3 is 14.2 Å². The summed E-state index contributed by atoms with van der Waals surface area (Å²) in [5.41, 5.74) is 1.54. The van der Waals surface area contributed by atoms with Crippen LogP contribution in [-0.2, 0) is 16.0 Å². The van der Waals surface area contributed by atoms with E-state index >= 15 is 0 Å².